The van der Waals surface area contributed by atoms with E-state index in [4.69, 9.17) is 14.9 Å². The molecule has 2 aromatic heterocycles. The van der Waals surface area contributed by atoms with Crippen molar-refractivity contribution in [2.24, 2.45) is 0 Å². The fourth-order valence-corrected chi connectivity index (χ4v) is 2.89. The average Bonchev–Trinajstić information content (AvgIpc) is 3.09. The van der Waals surface area contributed by atoms with Gasteiger partial charge in [-0.2, -0.15) is 15.5 Å². The molecule has 0 bridgehead atoms. The Kier molecular flexibility index (Phi) is 4.16. The zero-order chi connectivity index (χ0) is 16.2. The highest BCUT2D eigenvalue weighted by atomic mass is 16.5. The zero-order valence-electron chi connectivity index (χ0n) is 12.6. The van der Waals surface area contributed by atoms with Crippen LogP contribution in [0.3, 0.4) is 0 Å². The number of nitrogens with two attached hydrogens (primary N) is 1. The second kappa shape index (κ2) is 6.41. The molecule has 0 saturated heterocycles. The second-order valence-corrected chi connectivity index (χ2v) is 5.51. The predicted octanol–water partition coefficient (Wildman–Crippen LogP) is 3.38. The van der Waals surface area contributed by atoms with Gasteiger partial charge in [0.2, 0.25) is 5.88 Å². The third-order valence-electron chi connectivity index (χ3n) is 4.01. The van der Waals surface area contributed by atoms with Gasteiger partial charge in [0.25, 0.3) is 0 Å². The first-order valence-corrected chi connectivity index (χ1v) is 7.58. The van der Waals surface area contributed by atoms with Crippen LogP contribution in [-0.2, 0) is 0 Å². The first-order chi connectivity index (χ1) is 11.2. The minimum absolute atomic E-state index is 0.0279. The van der Waals surface area contributed by atoms with Crippen molar-refractivity contribution >= 4 is 5.82 Å². The number of aromatic nitrogens is 1. The lowest BCUT2D eigenvalue weighted by Crippen LogP contribution is -2.21. The normalized spacial score (nSPS) is 14.9. The quantitative estimate of drug-likeness (QED) is 0.930. The van der Waals surface area contributed by atoms with Crippen molar-refractivity contribution in [1.29, 1.82) is 10.5 Å². The SMILES string of the molecule is N#Cc1c(N)nc(OC2CCCCC2)c(C#N)c1-c1ccco1. The lowest BCUT2D eigenvalue weighted by Gasteiger charge is -2.23. The number of rotatable bonds is 3. The highest BCUT2D eigenvalue weighted by Gasteiger charge is 2.25. The Labute approximate surface area is 134 Å². The molecule has 0 amide bonds. The number of ether oxygens (including phenoxy) is 1. The van der Waals surface area contributed by atoms with Gasteiger partial charge >= 0.3 is 0 Å². The number of nitrogen functional groups attached to an aromatic ring is 1. The summed E-state index contributed by atoms with van der Waals surface area (Å²) in [7, 11) is 0. The average molecular weight is 308 g/mol. The highest BCUT2D eigenvalue weighted by Crippen LogP contribution is 2.36. The van der Waals surface area contributed by atoms with Crippen LogP contribution < -0.4 is 10.5 Å². The molecule has 1 aliphatic rings. The monoisotopic (exact) mass is 308 g/mol. The van der Waals surface area contributed by atoms with Crippen LogP contribution in [0.1, 0.15) is 43.2 Å². The molecule has 1 aliphatic carbocycles. The molecule has 0 radical (unpaired) electrons. The number of furan rings is 1. The van der Waals surface area contributed by atoms with E-state index in [0.29, 0.717) is 11.3 Å². The largest absolute Gasteiger partial charge is 0.473 e. The Morgan fingerprint density at radius 3 is 2.52 bits per heavy atom. The van der Waals surface area contributed by atoms with Gasteiger partial charge in [-0.25, -0.2) is 0 Å². The Morgan fingerprint density at radius 1 is 1.17 bits per heavy atom. The molecule has 0 unspecified atom stereocenters. The van der Waals surface area contributed by atoms with Crippen LogP contribution in [0.5, 0.6) is 5.88 Å². The highest BCUT2D eigenvalue weighted by molar-refractivity contribution is 5.79. The van der Waals surface area contributed by atoms with Crippen LogP contribution in [0, 0.1) is 22.7 Å². The van der Waals surface area contributed by atoms with Crippen molar-refractivity contribution in [3.8, 4) is 29.3 Å². The summed E-state index contributed by atoms with van der Waals surface area (Å²) >= 11 is 0. The van der Waals surface area contributed by atoms with Crippen molar-refractivity contribution in [3.63, 3.8) is 0 Å². The summed E-state index contributed by atoms with van der Waals surface area (Å²) in [5, 5.41) is 18.9. The third kappa shape index (κ3) is 2.84. The molecule has 0 atom stereocenters. The summed E-state index contributed by atoms with van der Waals surface area (Å²) in [5.74, 6) is 0.631. The van der Waals surface area contributed by atoms with Crippen molar-refractivity contribution in [2.75, 3.05) is 5.73 Å². The van der Waals surface area contributed by atoms with Crippen molar-refractivity contribution < 1.29 is 9.15 Å². The molecule has 0 spiro atoms. The summed E-state index contributed by atoms with van der Waals surface area (Å²) in [6, 6.07) is 7.47. The van der Waals surface area contributed by atoms with Gasteiger partial charge in [-0.05, 0) is 37.8 Å². The van der Waals surface area contributed by atoms with E-state index in [9.17, 15) is 10.5 Å². The molecule has 23 heavy (non-hydrogen) atoms. The molecule has 0 aliphatic heterocycles. The molecule has 1 saturated carbocycles. The van der Waals surface area contributed by atoms with Gasteiger partial charge in [0.15, 0.2) is 0 Å². The Bertz CT molecular complexity index is 778. The Balaban J connectivity index is 2.10. The minimum Gasteiger partial charge on any atom is -0.473 e. The van der Waals surface area contributed by atoms with E-state index < -0.39 is 0 Å². The number of nitrogens with zero attached hydrogens (tertiary/aromatic N) is 3. The molecule has 0 aromatic carbocycles. The minimum atomic E-state index is 0.0279. The molecule has 6 nitrogen and oxygen atoms in total. The van der Waals surface area contributed by atoms with Crippen LogP contribution >= 0.6 is 0 Å². The molecule has 1 fully saturated rings. The van der Waals surface area contributed by atoms with E-state index >= 15 is 0 Å². The van der Waals surface area contributed by atoms with Crippen LogP contribution in [0.2, 0.25) is 0 Å². The van der Waals surface area contributed by atoms with Gasteiger partial charge in [0, 0.05) is 0 Å². The van der Waals surface area contributed by atoms with E-state index in [1.807, 2.05) is 6.07 Å². The van der Waals surface area contributed by atoms with Crippen molar-refractivity contribution in [2.45, 2.75) is 38.2 Å². The van der Waals surface area contributed by atoms with Gasteiger partial charge in [0.1, 0.15) is 40.9 Å². The maximum Gasteiger partial charge on any atom is 0.234 e. The van der Waals surface area contributed by atoms with E-state index in [0.717, 1.165) is 25.7 Å². The summed E-state index contributed by atoms with van der Waals surface area (Å²) in [6.45, 7) is 0. The van der Waals surface area contributed by atoms with Crippen LogP contribution in [0.15, 0.2) is 22.8 Å². The maximum atomic E-state index is 9.58. The van der Waals surface area contributed by atoms with Crippen LogP contribution in [0.4, 0.5) is 5.82 Å². The molecular formula is C17H16N4O2. The van der Waals surface area contributed by atoms with Gasteiger partial charge in [0.05, 0.1) is 11.8 Å². The lowest BCUT2D eigenvalue weighted by atomic mass is 9.97. The molecule has 116 valence electrons. The Morgan fingerprint density at radius 2 is 1.91 bits per heavy atom. The molecule has 6 heteroatoms. The van der Waals surface area contributed by atoms with E-state index in [1.165, 1.54) is 12.7 Å². The third-order valence-corrected chi connectivity index (χ3v) is 4.01. The number of pyridine rings is 1. The fourth-order valence-electron chi connectivity index (χ4n) is 2.89. The topological polar surface area (TPSA) is 109 Å². The summed E-state index contributed by atoms with van der Waals surface area (Å²) in [6.07, 6.45) is 6.78. The summed E-state index contributed by atoms with van der Waals surface area (Å²) < 4.78 is 11.3. The zero-order valence-corrected chi connectivity index (χ0v) is 12.6. The Hall–Kier alpha value is -2.99. The van der Waals surface area contributed by atoms with E-state index in [1.54, 1.807) is 12.1 Å². The molecule has 2 N–H and O–H groups in total. The van der Waals surface area contributed by atoms with Gasteiger partial charge in [-0.3, -0.25) is 0 Å². The van der Waals surface area contributed by atoms with Crippen molar-refractivity contribution in [3.05, 3.63) is 29.5 Å². The van der Waals surface area contributed by atoms with Gasteiger partial charge in [-0.1, -0.05) is 6.42 Å². The summed E-state index contributed by atoms with van der Waals surface area (Å²) in [4.78, 5) is 4.15. The lowest BCUT2D eigenvalue weighted by molar-refractivity contribution is 0.148. The van der Waals surface area contributed by atoms with Gasteiger partial charge in [-0.15, -0.1) is 0 Å². The van der Waals surface area contributed by atoms with Crippen LogP contribution in [-0.4, -0.2) is 11.1 Å². The fraction of sp³-hybridized carbons (Fsp3) is 0.353. The number of nitriles is 2. The molecule has 2 aromatic rings. The second-order valence-electron chi connectivity index (χ2n) is 5.51. The van der Waals surface area contributed by atoms with E-state index in [-0.39, 0.29) is 28.9 Å². The van der Waals surface area contributed by atoms with Crippen molar-refractivity contribution in [1.82, 2.24) is 4.98 Å². The standard InChI is InChI=1S/C17H16N4O2/c18-9-12-15(14-7-4-8-22-14)13(10-19)17(21-16(12)20)23-11-5-2-1-3-6-11/h4,7-8,11H,1-3,5-6H2,(H2,20,21). The van der Waals surface area contributed by atoms with Crippen LogP contribution in [0.25, 0.3) is 11.3 Å². The first-order valence-electron chi connectivity index (χ1n) is 7.58. The number of hydrogen-bond donors (Lipinski definition) is 1. The number of hydrogen-bond acceptors (Lipinski definition) is 6. The molecule has 2 heterocycles. The first kappa shape index (κ1) is 14.9. The smallest absolute Gasteiger partial charge is 0.234 e. The maximum absolute atomic E-state index is 9.58. The summed E-state index contributed by atoms with van der Waals surface area (Å²) in [5.41, 5.74) is 6.57. The molecular weight excluding hydrogens is 292 g/mol. The van der Waals surface area contributed by atoms with E-state index in [2.05, 4.69) is 11.1 Å². The number of anilines is 1. The van der Waals surface area contributed by atoms with Gasteiger partial charge < -0.3 is 14.9 Å². The molecule has 3 rings (SSSR count). The predicted molar refractivity (Wildman–Crippen MR) is 83.3 cm³/mol.